The van der Waals surface area contributed by atoms with Gasteiger partial charge in [0.1, 0.15) is 0 Å². The standard InChI is InChI=1S/C9H14N6O/c1-2-3-6(10)4-8-12-9(14-16-8)7-5-11-15-13-7/h5-6H,2-4,10H2,1H3,(H,11,13,15). The van der Waals surface area contributed by atoms with Crippen molar-refractivity contribution in [1.82, 2.24) is 25.6 Å². The Balaban J connectivity index is 2.03. The zero-order valence-electron chi connectivity index (χ0n) is 9.05. The maximum Gasteiger partial charge on any atom is 0.228 e. The highest BCUT2D eigenvalue weighted by Crippen LogP contribution is 2.11. The fourth-order valence-electron chi connectivity index (χ4n) is 1.45. The van der Waals surface area contributed by atoms with Gasteiger partial charge in [-0.15, -0.1) is 0 Å². The highest BCUT2D eigenvalue weighted by molar-refractivity contribution is 5.44. The lowest BCUT2D eigenvalue weighted by Gasteiger charge is -2.04. The minimum absolute atomic E-state index is 0.0654. The molecule has 2 aromatic heterocycles. The van der Waals surface area contributed by atoms with Gasteiger partial charge in [0.2, 0.25) is 11.7 Å². The first kappa shape index (κ1) is 10.7. The van der Waals surface area contributed by atoms with Crippen LogP contribution in [-0.2, 0) is 6.42 Å². The van der Waals surface area contributed by atoms with Gasteiger partial charge in [0, 0.05) is 12.5 Å². The first-order chi connectivity index (χ1) is 7.79. The van der Waals surface area contributed by atoms with E-state index in [0.717, 1.165) is 12.8 Å². The van der Waals surface area contributed by atoms with E-state index in [0.29, 0.717) is 23.8 Å². The third-order valence-electron chi connectivity index (χ3n) is 2.21. The Hall–Kier alpha value is -1.76. The molecule has 7 heteroatoms. The van der Waals surface area contributed by atoms with Gasteiger partial charge in [0.05, 0.1) is 6.20 Å². The van der Waals surface area contributed by atoms with Crippen molar-refractivity contribution in [1.29, 1.82) is 0 Å². The number of hydrogen-bond donors (Lipinski definition) is 2. The molecule has 86 valence electrons. The highest BCUT2D eigenvalue weighted by atomic mass is 16.5. The minimum Gasteiger partial charge on any atom is -0.339 e. The van der Waals surface area contributed by atoms with Crippen molar-refractivity contribution in [3.8, 4) is 11.5 Å². The van der Waals surface area contributed by atoms with Gasteiger partial charge in [-0.05, 0) is 6.42 Å². The lowest BCUT2D eigenvalue weighted by molar-refractivity contribution is 0.366. The molecule has 7 nitrogen and oxygen atoms in total. The van der Waals surface area contributed by atoms with E-state index in [1.54, 1.807) is 6.20 Å². The quantitative estimate of drug-likeness (QED) is 0.764. The Morgan fingerprint density at radius 1 is 1.56 bits per heavy atom. The molecule has 0 spiro atoms. The van der Waals surface area contributed by atoms with E-state index in [1.165, 1.54) is 0 Å². The Morgan fingerprint density at radius 2 is 2.44 bits per heavy atom. The molecule has 2 heterocycles. The van der Waals surface area contributed by atoms with Crippen LogP contribution in [0.15, 0.2) is 10.7 Å². The molecule has 0 saturated carbocycles. The van der Waals surface area contributed by atoms with Crippen LogP contribution >= 0.6 is 0 Å². The molecule has 0 aliphatic heterocycles. The fraction of sp³-hybridized carbons (Fsp3) is 0.556. The van der Waals surface area contributed by atoms with E-state index in [1.807, 2.05) is 0 Å². The van der Waals surface area contributed by atoms with Crippen LogP contribution in [-0.4, -0.2) is 31.6 Å². The molecule has 0 bridgehead atoms. The van der Waals surface area contributed by atoms with Gasteiger partial charge in [-0.3, -0.25) is 0 Å². The average molecular weight is 222 g/mol. The van der Waals surface area contributed by atoms with E-state index >= 15 is 0 Å². The molecule has 0 aromatic carbocycles. The smallest absolute Gasteiger partial charge is 0.228 e. The predicted molar refractivity (Wildman–Crippen MR) is 56.3 cm³/mol. The van der Waals surface area contributed by atoms with Crippen molar-refractivity contribution in [2.24, 2.45) is 5.73 Å². The summed E-state index contributed by atoms with van der Waals surface area (Å²) >= 11 is 0. The Morgan fingerprint density at radius 3 is 3.12 bits per heavy atom. The van der Waals surface area contributed by atoms with Gasteiger partial charge in [-0.25, -0.2) is 0 Å². The molecule has 0 aliphatic carbocycles. The van der Waals surface area contributed by atoms with E-state index in [4.69, 9.17) is 10.3 Å². The van der Waals surface area contributed by atoms with Gasteiger partial charge in [0.15, 0.2) is 5.69 Å². The summed E-state index contributed by atoms with van der Waals surface area (Å²) in [5.41, 5.74) is 6.45. The van der Waals surface area contributed by atoms with Crippen molar-refractivity contribution >= 4 is 0 Å². The summed E-state index contributed by atoms with van der Waals surface area (Å²) in [7, 11) is 0. The van der Waals surface area contributed by atoms with Crippen molar-refractivity contribution in [2.75, 3.05) is 0 Å². The maximum atomic E-state index is 5.88. The second-order valence-electron chi connectivity index (χ2n) is 3.62. The number of hydrogen-bond acceptors (Lipinski definition) is 6. The van der Waals surface area contributed by atoms with Gasteiger partial charge in [0.25, 0.3) is 0 Å². The van der Waals surface area contributed by atoms with Crippen LogP contribution in [0.4, 0.5) is 0 Å². The summed E-state index contributed by atoms with van der Waals surface area (Å²) in [4.78, 5) is 4.19. The molecule has 0 amide bonds. The topological polar surface area (TPSA) is 107 Å². The van der Waals surface area contributed by atoms with Gasteiger partial charge in [-0.1, -0.05) is 18.5 Å². The summed E-state index contributed by atoms with van der Waals surface area (Å²) in [6, 6.07) is 0.0654. The highest BCUT2D eigenvalue weighted by Gasteiger charge is 2.13. The minimum atomic E-state index is 0.0654. The van der Waals surface area contributed by atoms with Crippen LogP contribution in [0.25, 0.3) is 11.5 Å². The van der Waals surface area contributed by atoms with E-state index < -0.39 is 0 Å². The van der Waals surface area contributed by atoms with Crippen LogP contribution in [0.1, 0.15) is 25.7 Å². The van der Waals surface area contributed by atoms with Crippen LogP contribution < -0.4 is 5.73 Å². The van der Waals surface area contributed by atoms with Crippen molar-refractivity contribution in [2.45, 2.75) is 32.2 Å². The number of H-pyrrole nitrogens is 1. The summed E-state index contributed by atoms with van der Waals surface area (Å²) < 4.78 is 5.08. The Kier molecular flexibility index (Phi) is 3.25. The van der Waals surface area contributed by atoms with E-state index in [2.05, 4.69) is 32.5 Å². The lowest BCUT2D eigenvalue weighted by Crippen LogP contribution is -2.22. The molecule has 1 unspecified atom stereocenters. The SMILES string of the molecule is CCCC(N)Cc1nc(-c2cn[nH]n2)no1. The van der Waals surface area contributed by atoms with Gasteiger partial charge >= 0.3 is 0 Å². The molecule has 0 fully saturated rings. The van der Waals surface area contributed by atoms with Crippen LogP contribution in [0.2, 0.25) is 0 Å². The van der Waals surface area contributed by atoms with Gasteiger partial charge in [-0.2, -0.15) is 20.4 Å². The second-order valence-corrected chi connectivity index (χ2v) is 3.62. The zero-order valence-corrected chi connectivity index (χ0v) is 9.05. The summed E-state index contributed by atoms with van der Waals surface area (Å²) in [6.45, 7) is 2.09. The summed E-state index contributed by atoms with van der Waals surface area (Å²) in [5.74, 6) is 0.978. The van der Waals surface area contributed by atoms with E-state index in [-0.39, 0.29) is 6.04 Å². The van der Waals surface area contributed by atoms with Crippen LogP contribution in [0.3, 0.4) is 0 Å². The molecule has 1 atom stereocenters. The Labute approximate surface area is 92.4 Å². The molecule has 2 aromatic rings. The summed E-state index contributed by atoms with van der Waals surface area (Å²) in [5, 5.41) is 13.8. The Bertz CT molecular complexity index is 423. The number of aromatic nitrogens is 5. The number of nitrogens with two attached hydrogens (primary N) is 1. The molecule has 2 rings (SSSR count). The fourth-order valence-corrected chi connectivity index (χ4v) is 1.45. The monoisotopic (exact) mass is 222 g/mol. The molecular formula is C9H14N6O. The zero-order chi connectivity index (χ0) is 11.4. The van der Waals surface area contributed by atoms with Crippen LogP contribution in [0, 0.1) is 0 Å². The third-order valence-corrected chi connectivity index (χ3v) is 2.21. The van der Waals surface area contributed by atoms with Crippen molar-refractivity contribution in [3.05, 3.63) is 12.1 Å². The van der Waals surface area contributed by atoms with Crippen molar-refractivity contribution in [3.63, 3.8) is 0 Å². The molecule has 16 heavy (non-hydrogen) atoms. The molecule has 0 aliphatic rings. The number of aromatic amines is 1. The first-order valence-electron chi connectivity index (χ1n) is 5.24. The third kappa shape index (κ3) is 2.43. The second kappa shape index (κ2) is 4.84. The first-order valence-corrected chi connectivity index (χ1v) is 5.24. The van der Waals surface area contributed by atoms with Gasteiger partial charge < -0.3 is 10.3 Å². The number of nitrogens with one attached hydrogen (secondary N) is 1. The average Bonchev–Trinajstić information content (AvgIpc) is 2.86. The van der Waals surface area contributed by atoms with Crippen LogP contribution in [0.5, 0.6) is 0 Å². The number of nitrogens with zero attached hydrogens (tertiary/aromatic N) is 4. The predicted octanol–water partition coefficient (Wildman–Crippen LogP) is 0.525. The largest absolute Gasteiger partial charge is 0.339 e. The maximum absolute atomic E-state index is 5.88. The van der Waals surface area contributed by atoms with E-state index in [9.17, 15) is 0 Å². The lowest BCUT2D eigenvalue weighted by atomic mass is 10.1. The molecule has 3 N–H and O–H groups in total. The van der Waals surface area contributed by atoms with Crippen molar-refractivity contribution < 1.29 is 4.52 Å². The molecule has 0 saturated heterocycles. The normalized spacial score (nSPS) is 12.9. The molecular weight excluding hydrogens is 208 g/mol. The molecule has 0 radical (unpaired) electrons. The number of rotatable bonds is 5. The summed E-state index contributed by atoms with van der Waals surface area (Å²) in [6.07, 6.45) is 4.13.